The summed E-state index contributed by atoms with van der Waals surface area (Å²) in [6.07, 6.45) is 1.74. The van der Waals surface area contributed by atoms with E-state index in [1.54, 1.807) is 10.9 Å². The Morgan fingerprint density at radius 3 is 2.17 bits per heavy atom. The van der Waals surface area contributed by atoms with Crippen molar-refractivity contribution in [3.8, 4) is 28.4 Å². The Balaban J connectivity index is 1.69. The van der Waals surface area contributed by atoms with Gasteiger partial charge in [-0.3, -0.25) is 0 Å². The summed E-state index contributed by atoms with van der Waals surface area (Å²) in [6.45, 7) is 0. The van der Waals surface area contributed by atoms with Gasteiger partial charge in [-0.1, -0.05) is 60.7 Å². The Hall–Kier alpha value is -3.33. The highest BCUT2D eigenvalue weighted by atomic mass is 16.5. The number of aromatic nitrogens is 2. The number of para-hydroxylation sites is 1. The fourth-order valence-corrected chi connectivity index (χ4v) is 2.62. The van der Waals surface area contributed by atoms with Crippen LogP contribution in [-0.2, 0) is 0 Å². The first kappa shape index (κ1) is 14.3. The lowest BCUT2D eigenvalue weighted by atomic mass is 10.1. The summed E-state index contributed by atoms with van der Waals surface area (Å²) in [5.41, 5.74) is 3.29. The minimum atomic E-state index is 0.686. The topological polar surface area (TPSA) is 27.1 Å². The summed E-state index contributed by atoms with van der Waals surface area (Å²) >= 11 is 0. The summed E-state index contributed by atoms with van der Waals surface area (Å²) in [5, 5.41) is 4.41. The van der Waals surface area contributed by atoms with Gasteiger partial charge in [0.25, 0.3) is 0 Å². The van der Waals surface area contributed by atoms with E-state index in [1.807, 2.05) is 66.7 Å². The molecule has 0 unspecified atom stereocenters. The van der Waals surface area contributed by atoms with E-state index < -0.39 is 0 Å². The molecule has 0 spiro atoms. The number of nitrogens with zero attached hydrogens (tertiary/aromatic N) is 2. The number of rotatable bonds is 4. The van der Waals surface area contributed by atoms with E-state index in [-0.39, 0.29) is 0 Å². The Labute approximate surface area is 140 Å². The van der Waals surface area contributed by atoms with E-state index in [1.165, 1.54) is 5.56 Å². The lowest BCUT2D eigenvalue weighted by molar-refractivity contribution is 0.444. The van der Waals surface area contributed by atoms with Gasteiger partial charge in [0.05, 0.1) is 11.9 Å². The average molecular weight is 312 g/mol. The Morgan fingerprint density at radius 1 is 0.667 bits per heavy atom. The molecule has 0 aliphatic heterocycles. The fourth-order valence-electron chi connectivity index (χ4n) is 2.62. The first-order chi connectivity index (χ1) is 11.9. The highest BCUT2D eigenvalue weighted by Gasteiger charge is 2.08. The van der Waals surface area contributed by atoms with Gasteiger partial charge in [0, 0.05) is 6.07 Å². The summed E-state index contributed by atoms with van der Waals surface area (Å²) < 4.78 is 7.75. The summed E-state index contributed by atoms with van der Waals surface area (Å²) in [7, 11) is 0. The zero-order valence-electron chi connectivity index (χ0n) is 13.0. The van der Waals surface area contributed by atoms with E-state index in [9.17, 15) is 0 Å². The Bertz CT molecular complexity index is 930. The molecule has 4 aromatic rings. The van der Waals surface area contributed by atoms with E-state index >= 15 is 0 Å². The normalized spacial score (nSPS) is 10.5. The lowest BCUT2D eigenvalue weighted by Crippen LogP contribution is -1.99. The van der Waals surface area contributed by atoms with Crippen LogP contribution in [0, 0.1) is 0 Å². The molecular formula is C21H16N2O. The van der Waals surface area contributed by atoms with Crippen LogP contribution in [0.15, 0.2) is 97.2 Å². The molecule has 0 atom stereocenters. The molecule has 0 saturated carbocycles. The van der Waals surface area contributed by atoms with Crippen LogP contribution in [0.2, 0.25) is 0 Å². The third-order valence-corrected chi connectivity index (χ3v) is 3.77. The SMILES string of the molecule is c1ccc(Oc2ccnn2-c2cccc(-c3ccccc3)c2)cc1. The minimum absolute atomic E-state index is 0.686. The second-order valence-electron chi connectivity index (χ2n) is 5.41. The van der Waals surface area contributed by atoms with E-state index in [2.05, 4.69) is 29.4 Å². The van der Waals surface area contributed by atoms with Crippen molar-refractivity contribution in [1.29, 1.82) is 0 Å². The molecule has 24 heavy (non-hydrogen) atoms. The van der Waals surface area contributed by atoms with Crippen LogP contribution in [0.1, 0.15) is 0 Å². The number of ether oxygens (including phenoxy) is 1. The molecule has 0 radical (unpaired) electrons. The van der Waals surface area contributed by atoms with Gasteiger partial charge in [0.2, 0.25) is 5.88 Å². The smallest absolute Gasteiger partial charge is 0.222 e. The molecule has 4 rings (SSSR count). The average Bonchev–Trinajstić information content (AvgIpc) is 3.12. The van der Waals surface area contributed by atoms with Gasteiger partial charge < -0.3 is 4.74 Å². The molecule has 0 fully saturated rings. The Morgan fingerprint density at radius 2 is 1.38 bits per heavy atom. The molecule has 0 aliphatic rings. The van der Waals surface area contributed by atoms with Crippen LogP contribution in [-0.4, -0.2) is 9.78 Å². The van der Waals surface area contributed by atoms with Gasteiger partial charge in [0.1, 0.15) is 5.75 Å². The highest BCUT2D eigenvalue weighted by Crippen LogP contribution is 2.26. The predicted octanol–water partition coefficient (Wildman–Crippen LogP) is 5.33. The van der Waals surface area contributed by atoms with E-state index in [0.717, 1.165) is 17.0 Å². The minimum Gasteiger partial charge on any atom is -0.439 e. The van der Waals surface area contributed by atoms with Gasteiger partial charge in [-0.25, -0.2) is 4.68 Å². The molecule has 116 valence electrons. The van der Waals surface area contributed by atoms with Gasteiger partial charge in [-0.15, -0.1) is 0 Å². The first-order valence-electron chi connectivity index (χ1n) is 7.83. The van der Waals surface area contributed by atoms with Crippen molar-refractivity contribution < 1.29 is 4.74 Å². The molecule has 1 heterocycles. The number of hydrogen-bond donors (Lipinski definition) is 0. The van der Waals surface area contributed by atoms with Gasteiger partial charge in [0.15, 0.2) is 0 Å². The van der Waals surface area contributed by atoms with Gasteiger partial charge >= 0.3 is 0 Å². The monoisotopic (exact) mass is 312 g/mol. The standard InChI is InChI=1S/C21H16N2O/c1-3-8-17(9-4-1)18-10-7-11-19(16-18)23-21(14-15-22-23)24-20-12-5-2-6-13-20/h1-16H. The predicted molar refractivity (Wildman–Crippen MR) is 95.5 cm³/mol. The second kappa shape index (κ2) is 6.42. The van der Waals surface area contributed by atoms with Crippen molar-refractivity contribution in [3.05, 3.63) is 97.2 Å². The second-order valence-corrected chi connectivity index (χ2v) is 5.41. The summed E-state index contributed by atoms with van der Waals surface area (Å²) in [4.78, 5) is 0. The summed E-state index contributed by atoms with van der Waals surface area (Å²) in [6, 6.07) is 30.2. The summed E-state index contributed by atoms with van der Waals surface area (Å²) in [5.74, 6) is 1.48. The molecule has 3 aromatic carbocycles. The number of benzene rings is 3. The maximum absolute atomic E-state index is 5.95. The van der Waals surface area contributed by atoms with E-state index in [4.69, 9.17) is 4.74 Å². The molecule has 0 N–H and O–H groups in total. The van der Waals surface area contributed by atoms with Crippen molar-refractivity contribution >= 4 is 0 Å². The van der Waals surface area contributed by atoms with E-state index in [0.29, 0.717) is 5.88 Å². The maximum Gasteiger partial charge on any atom is 0.222 e. The van der Waals surface area contributed by atoms with Crippen LogP contribution in [0.4, 0.5) is 0 Å². The quantitative estimate of drug-likeness (QED) is 0.509. The zero-order chi connectivity index (χ0) is 16.2. The Kier molecular flexibility index (Phi) is 3.82. The van der Waals surface area contributed by atoms with Crippen LogP contribution < -0.4 is 4.74 Å². The highest BCUT2D eigenvalue weighted by molar-refractivity contribution is 5.65. The van der Waals surface area contributed by atoms with Crippen molar-refractivity contribution in [2.75, 3.05) is 0 Å². The third kappa shape index (κ3) is 2.92. The molecule has 3 nitrogen and oxygen atoms in total. The maximum atomic E-state index is 5.95. The largest absolute Gasteiger partial charge is 0.439 e. The van der Waals surface area contributed by atoms with Crippen LogP contribution >= 0.6 is 0 Å². The molecule has 0 aliphatic carbocycles. The van der Waals surface area contributed by atoms with Gasteiger partial charge in [-0.2, -0.15) is 5.10 Å². The van der Waals surface area contributed by atoms with Crippen LogP contribution in [0.5, 0.6) is 11.6 Å². The van der Waals surface area contributed by atoms with Crippen molar-refractivity contribution in [1.82, 2.24) is 9.78 Å². The lowest BCUT2D eigenvalue weighted by Gasteiger charge is -2.10. The number of hydrogen-bond acceptors (Lipinski definition) is 2. The molecule has 0 amide bonds. The molecule has 0 saturated heterocycles. The fraction of sp³-hybridized carbons (Fsp3) is 0. The third-order valence-electron chi connectivity index (χ3n) is 3.77. The van der Waals surface area contributed by atoms with Crippen LogP contribution in [0.25, 0.3) is 16.8 Å². The molecule has 1 aromatic heterocycles. The van der Waals surface area contributed by atoms with Crippen LogP contribution in [0.3, 0.4) is 0 Å². The molecular weight excluding hydrogens is 296 g/mol. The van der Waals surface area contributed by atoms with Crippen molar-refractivity contribution in [2.45, 2.75) is 0 Å². The van der Waals surface area contributed by atoms with Gasteiger partial charge in [-0.05, 0) is 35.4 Å². The van der Waals surface area contributed by atoms with Crippen molar-refractivity contribution in [2.24, 2.45) is 0 Å². The first-order valence-corrected chi connectivity index (χ1v) is 7.83. The molecule has 0 bridgehead atoms. The zero-order valence-corrected chi connectivity index (χ0v) is 13.0. The molecule has 3 heteroatoms. The van der Waals surface area contributed by atoms with Crippen molar-refractivity contribution in [3.63, 3.8) is 0 Å².